The van der Waals surface area contributed by atoms with Gasteiger partial charge in [-0.2, -0.15) is 0 Å². The van der Waals surface area contributed by atoms with Crippen molar-refractivity contribution < 1.29 is 9.76 Å². The summed E-state index contributed by atoms with van der Waals surface area (Å²) in [7, 11) is 0.535. The van der Waals surface area contributed by atoms with E-state index in [4.69, 9.17) is 9.64 Å². The van der Waals surface area contributed by atoms with Crippen LogP contribution >= 0.6 is 11.3 Å². The first kappa shape index (κ1) is 21.4. The molecule has 0 bridgehead atoms. The highest BCUT2D eigenvalue weighted by molar-refractivity contribution is 7.21. The number of aryl methyl sites for hydroxylation is 1. The van der Waals surface area contributed by atoms with Crippen molar-refractivity contribution in [2.75, 3.05) is 0 Å². The first-order valence-corrected chi connectivity index (χ1v) is 12.0. The number of allylic oxidation sites excluding steroid dienone is 1. The third-order valence-electron chi connectivity index (χ3n) is 6.85. The van der Waals surface area contributed by atoms with Gasteiger partial charge in [0.2, 0.25) is 0 Å². The summed E-state index contributed by atoms with van der Waals surface area (Å²) in [6.45, 7) is 7.49. The van der Waals surface area contributed by atoms with Crippen LogP contribution in [0.15, 0.2) is 60.1 Å². The minimum absolute atomic E-state index is 0.535. The lowest BCUT2D eigenvalue weighted by atomic mass is 9.75. The first-order chi connectivity index (χ1) is 15.2. The van der Waals surface area contributed by atoms with Crippen molar-refractivity contribution in [3.8, 4) is 10.6 Å². The maximum Gasteiger partial charge on any atom is 0.305 e. The first-order valence-electron chi connectivity index (χ1n) is 11.2. The average molecular weight is 441 g/mol. The van der Waals surface area contributed by atoms with Crippen LogP contribution in [0.4, 0.5) is 0 Å². The molecular weight excluding hydrogens is 413 g/mol. The lowest BCUT2D eigenvalue weighted by Crippen LogP contribution is -2.48. The van der Waals surface area contributed by atoms with E-state index in [9.17, 15) is 5.11 Å². The van der Waals surface area contributed by atoms with Crippen LogP contribution in [0.1, 0.15) is 45.2 Å². The molecule has 3 nitrogen and oxygen atoms in total. The van der Waals surface area contributed by atoms with Crippen molar-refractivity contribution in [2.24, 2.45) is 0 Å². The third-order valence-corrected chi connectivity index (χ3v) is 7.92. The highest BCUT2D eigenvalue weighted by atomic mass is 32.1. The zero-order valence-electron chi connectivity index (χ0n) is 19.1. The van der Waals surface area contributed by atoms with Gasteiger partial charge < -0.3 is 9.76 Å². The lowest BCUT2D eigenvalue weighted by molar-refractivity contribution is -0.0897. The van der Waals surface area contributed by atoms with E-state index in [0.717, 1.165) is 23.4 Å². The number of hydrogen-bond donors (Lipinski definition) is 1. The second-order valence-corrected chi connectivity index (χ2v) is 10.7. The molecule has 5 heteroatoms. The molecule has 0 spiro atoms. The highest BCUT2D eigenvalue weighted by Gasteiger charge is 2.36. The van der Waals surface area contributed by atoms with Gasteiger partial charge in [0.15, 0.2) is 0 Å². The molecule has 1 aliphatic carbocycles. The minimum atomic E-state index is -0.900. The van der Waals surface area contributed by atoms with Gasteiger partial charge >= 0.3 is 7.48 Å². The van der Waals surface area contributed by atoms with Crippen LogP contribution in [-0.2, 0) is 11.1 Å². The number of fused-ring (bicyclic) bond motifs is 5. The number of rotatable bonds is 5. The monoisotopic (exact) mass is 441 g/mol. The Kier molecular flexibility index (Phi) is 5.24. The van der Waals surface area contributed by atoms with E-state index in [1.807, 2.05) is 19.9 Å². The molecule has 0 radical (unpaired) electrons. The van der Waals surface area contributed by atoms with Crippen LogP contribution in [0.3, 0.4) is 0 Å². The van der Waals surface area contributed by atoms with E-state index < -0.39 is 11.2 Å². The number of nitrogens with zero attached hydrogens (tertiary/aromatic N) is 1. The quantitative estimate of drug-likeness (QED) is 0.369. The van der Waals surface area contributed by atoms with Gasteiger partial charge in [0, 0.05) is 10.9 Å². The molecule has 1 N–H and O–H groups in total. The summed E-state index contributed by atoms with van der Waals surface area (Å²) in [5.74, 6) is 0. The fourth-order valence-electron chi connectivity index (χ4n) is 4.14. The molecule has 5 rings (SSSR count). The minimum Gasteiger partial charge on any atom is -0.427 e. The zero-order chi connectivity index (χ0) is 22.5. The summed E-state index contributed by atoms with van der Waals surface area (Å²) in [6.07, 6.45) is 4.20. The molecule has 32 heavy (non-hydrogen) atoms. The standard InChI is InChI=1S/C27H28BNO2S/c1-26(2,30)27(3,4)31-28-20-13-14-21-19(16-20)11-10-17-12-15-22-24(23(17)21)29-25(32-22)18-8-6-5-7-9-18/h5-12,15-16,28,30H,13-14H2,1-4H3. The Morgan fingerprint density at radius 3 is 2.47 bits per heavy atom. The van der Waals surface area contributed by atoms with E-state index >= 15 is 0 Å². The van der Waals surface area contributed by atoms with Crippen LogP contribution in [0, 0.1) is 0 Å². The molecule has 3 aromatic carbocycles. The molecule has 0 amide bonds. The summed E-state index contributed by atoms with van der Waals surface area (Å²) < 4.78 is 7.36. The van der Waals surface area contributed by atoms with Crippen molar-refractivity contribution in [3.63, 3.8) is 0 Å². The smallest absolute Gasteiger partial charge is 0.305 e. The number of thiazole rings is 1. The van der Waals surface area contributed by atoms with E-state index in [1.165, 1.54) is 37.6 Å². The summed E-state index contributed by atoms with van der Waals surface area (Å²) in [5, 5.41) is 14.0. The number of hydrogen-bond acceptors (Lipinski definition) is 4. The number of benzene rings is 3. The maximum atomic E-state index is 10.4. The molecule has 0 atom stereocenters. The molecule has 0 aliphatic heterocycles. The van der Waals surface area contributed by atoms with Gasteiger partial charge in [0.1, 0.15) is 5.01 Å². The molecule has 0 unspecified atom stereocenters. The lowest BCUT2D eigenvalue weighted by Gasteiger charge is -2.38. The number of aliphatic hydroxyl groups is 1. The van der Waals surface area contributed by atoms with Gasteiger partial charge in [-0.3, -0.25) is 0 Å². The molecule has 1 aromatic heterocycles. The average Bonchev–Trinajstić information content (AvgIpc) is 3.22. The molecule has 1 aliphatic rings. The van der Waals surface area contributed by atoms with Crippen LogP contribution in [0.2, 0.25) is 0 Å². The fourth-order valence-corrected chi connectivity index (χ4v) is 5.12. The molecule has 1 heterocycles. The topological polar surface area (TPSA) is 42.4 Å². The van der Waals surface area contributed by atoms with E-state index in [2.05, 4.69) is 54.6 Å². The Morgan fingerprint density at radius 1 is 0.969 bits per heavy atom. The SMILES string of the molecule is CC(C)(O)C(C)(C)OBC1=Cc2ccc3ccc4sc(-c5ccccc5)nc4c3c2CC1. The van der Waals surface area contributed by atoms with Gasteiger partial charge in [-0.05, 0) is 63.1 Å². The third kappa shape index (κ3) is 3.79. The second kappa shape index (κ2) is 7.84. The Bertz CT molecular complexity index is 1330. The van der Waals surface area contributed by atoms with E-state index in [-0.39, 0.29) is 0 Å². The Hall–Kier alpha value is -2.47. The molecule has 0 saturated heterocycles. The van der Waals surface area contributed by atoms with Crippen LogP contribution in [0.5, 0.6) is 0 Å². The Balaban J connectivity index is 1.54. The van der Waals surface area contributed by atoms with Crippen LogP contribution in [-0.4, -0.2) is 28.8 Å². The van der Waals surface area contributed by atoms with E-state index in [1.54, 1.807) is 25.2 Å². The largest absolute Gasteiger partial charge is 0.427 e. The maximum absolute atomic E-state index is 10.4. The van der Waals surface area contributed by atoms with Crippen molar-refractivity contribution in [2.45, 2.75) is 51.7 Å². The Morgan fingerprint density at radius 2 is 1.72 bits per heavy atom. The molecule has 4 aromatic rings. The normalized spacial score (nSPS) is 14.5. The summed E-state index contributed by atoms with van der Waals surface area (Å²) in [6, 6.07) is 19.3. The summed E-state index contributed by atoms with van der Waals surface area (Å²) in [5.41, 5.74) is 4.67. The second-order valence-electron chi connectivity index (χ2n) is 9.69. The van der Waals surface area contributed by atoms with Crippen LogP contribution in [0.25, 0.3) is 37.6 Å². The van der Waals surface area contributed by atoms with Crippen molar-refractivity contribution >= 4 is 45.9 Å². The predicted octanol–water partition coefficient (Wildman–Crippen LogP) is 6.32. The van der Waals surface area contributed by atoms with Crippen molar-refractivity contribution in [3.05, 3.63) is 71.2 Å². The summed E-state index contributed by atoms with van der Waals surface area (Å²) >= 11 is 1.76. The van der Waals surface area contributed by atoms with Crippen molar-refractivity contribution in [1.82, 2.24) is 4.98 Å². The molecular formula is C27H28BNO2S. The predicted molar refractivity (Wildman–Crippen MR) is 137 cm³/mol. The molecule has 162 valence electrons. The Labute approximate surface area is 194 Å². The molecule has 0 saturated carbocycles. The van der Waals surface area contributed by atoms with Gasteiger partial charge in [-0.25, -0.2) is 4.98 Å². The highest BCUT2D eigenvalue weighted by Crippen LogP contribution is 2.39. The van der Waals surface area contributed by atoms with Crippen molar-refractivity contribution in [1.29, 1.82) is 0 Å². The number of aromatic nitrogens is 1. The summed E-state index contributed by atoms with van der Waals surface area (Å²) in [4.78, 5) is 5.08. The van der Waals surface area contributed by atoms with Gasteiger partial charge in [-0.1, -0.05) is 60.1 Å². The fraction of sp³-hybridized carbons (Fsp3) is 0.296. The van der Waals surface area contributed by atoms with Crippen LogP contribution < -0.4 is 0 Å². The van der Waals surface area contributed by atoms with Gasteiger partial charge in [0.05, 0.1) is 21.4 Å². The zero-order valence-corrected chi connectivity index (χ0v) is 19.9. The van der Waals surface area contributed by atoms with Gasteiger partial charge in [-0.15, -0.1) is 11.3 Å². The van der Waals surface area contributed by atoms with Gasteiger partial charge in [0.25, 0.3) is 0 Å². The van der Waals surface area contributed by atoms with E-state index in [0.29, 0.717) is 7.48 Å². The molecule has 0 fully saturated rings.